The molecule has 98 valence electrons. The van der Waals surface area contributed by atoms with E-state index in [2.05, 4.69) is 5.32 Å². The first-order chi connectivity index (χ1) is 8.48. The number of carbonyl (C=O) groups is 1. The number of carbonyl (C=O) groups excluding carboxylic acids is 1. The molecule has 0 aliphatic heterocycles. The Kier molecular flexibility index (Phi) is 3.38. The number of aliphatic hydroxyl groups is 1. The van der Waals surface area contributed by atoms with Crippen LogP contribution in [0, 0.1) is 0 Å². The van der Waals surface area contributed by atoms with Gasteiger partial charge in [0.2, 0.25) is 5.91 Å². The van der Waals surface area contributed by atoms with Crippen LogP contribution in [-0.2, 0) is 11.3 Å². The summed E-state index contributed by atoms with van der Waals surface area (Å²) < 4.78 is 1.25. The number of amides is 1. The molecule has 1 aromatic rings. The molecule has 2 rings (SSSR count). The number of nitrogens with zero attached hydrogens (tertiary/aromatic N) is 1. The molecule has 1 aromatic heterocycles. The number of rotatable bonds is 4. The fourth-order valence-corrected chi connectivity index (χ4v) is 1.91. The molecule has 4 N–H and O–H groups in total. The van der Waals surface area contributed by atoms with E-state index in [4.69, 9.17) is 5.73 Å². The highest BCUT2D eigenvalue weighted by atomic mass is 16.3. The van der Waals surface area contributed by atoms with Crippen LogP contribution in [0.3, 0.4) is 0 Å². The summed E-state index contributed by atoms with van der Waals surface area (Å²) in [5.74, 6) is -0.303. The van der Waals surface area contributed by atoms with Gasteiger partial charge < -0.3 is 20.7 Å². The predicted octanol–water partition coefficient (Wildman–Crippen LogP) is -0.538. The molecule has 0 atom stereocenters. The molecule has 0 saturated heterocycles. The highest BCUT2D eigenvalue weighted by Gasteiger charge is 2.34. The fourth-order valence-electron chi connectivity index (χ4n) is 1.91. The molecule has 0 spiro atoms. The van der Waals surface area contributed by atoms with Crippen molar-refractivity contribution < 1.29 is 9.90 Å². The van der Waals surface area contributed by atoms with Crippen molar-refractivity contribution in [3.05, 3.63) is 28.7 Å². The topological polar surface area (TPSA) is 97.4 Å². The zero-order valence-electron chi connectivity index (χ0n) is 10.1. The van der Waals surface area contributed by atoms with E-state index in [9.17, 15) is 14.7 Å². The first-order valence-corrected chi connectivity index (χ1v) is 5.94. The van der Waals surface area contributed by atoms with Gasteiger partial charge in [0.1, 0.15) is 6.54 Å². The van der Waals surface area contributed by atoms with E-state index in [1.807, 2.05) is 0 Å². The van der Waals surface area contributed by atoms with Crippen LogP contribution in [0.2, 0.25) is 0 Å². The van der Waals surface area contributed by atoms with Crippen LogP contribution in [0.25, 0.3) is 0 Å². The smallest absolute Gasteiger partial charge is 0.251 e. The molecular formula is C12H17N3O3. The molecule has 0 unspecified atom stereocenters. The summed E-state index contributed by atoms with van der Waals surface area (Å²) in [4.78, 5) is 23.1. The van der Waals surface area contributed by atoms with Gasteiger partial charge in [-0.3, -0.25) is 9.59 Å². The number of pyridine rings is 1. The van der Waals surface area contributed by atoms with Crippen LogP contribution >= 0.6 is 0 Å². The van der Waals surface area contributed by atoms with Crippen LogP contribution in [0.4, 0.5) is 5.69 Å². The van der Waals surface area contributed by atoms with Gasteiger partial charge in [-0.2, -0.15) is 0 Å². The van der Waals surface area contributed by atoms with E-state index in [0.717, 1.165) is 6.42 Å². The predicted molar refractivity (Wildman–Crippen MR) is 66.9 cm³/mol. The SMILES string of the molecule is Nc1ccc(=O)n(CC(=O)NCC2(O)CCC2)c1. The Morgan fingerprint density at radius 3 is 2.83 bits per heavy atom. The van der Waals surface area contributed by atoms with Crippen molar-refractivity contribution in [3.8, 4) is 0 Å². The Hall–Kier alpha value is -1.82. The highest BCUT2D eigenvalue weighted by molar-refractivity contribution is 5.75. The minimum absolute atomic E-state index is 0.0834. The fraction of sp³-hybridized carbons (Fsp3) is 0.500. The van der Waals surface area contributed by atoms with Gasteiger partial charge in [-0.25, -0.2) is 0 Å². The van der Waals surface area contributed by atoms with Gasteiger partial charge in [0.15, 0.2) is 0 Å². The van der Waals surface area contributed by atoms with Crippen LogP contribution in [0.5, 0.6) is 0 Å². The summed E-state index contributed by atoms with van der Waals surface area (Å²) >= 11 is 0. The average molecular weight is 251 g/mol. The maximum atomic E-state index is 11.6. The number of aromatic nitrogens is 1. The van der Waals surface area contributed by atoms with Crippen LogP contribution in [0.15, 0.2) is 23.1 Å². The lowest BCUT2D eigenvalue weighted by atomic mass is 9.80. The standard InChI is InChI=1S/C12H17N3O3/c13-9-2-3-11(17)15(6-9)7-10(16)14-8-12(18)4-1-5-12/h2-3,6,18H,1,4-5,7-8,13H2,(H,14,16). The molecule has 1 amide bonds. The molecule has 1 aliphatic rings. The minimum Gasteiger partial charge on any atom is -0.398 e. The largest absolute Gasteiger partial charge is 0.398 e. The van der Waals surface area contributed by atoms with E-state index in [-0.39, 0.29) is 24.6 Å². The zero-order valence-corrected chi connectivity index (χ0v) is 10.1. The van der Waals surface area contributed by atoms with Crippen LogP contribution in [-0.4, -0.2) is 27.7 Å². The van der Waals surface area contributed by atoms with Gasteiger partial charge in [0.05, 0.1) is 5.60 Å². The molecule has 1 fully saturated rings. The number of hydrogen-bond donors (Lipinski definition) is 3. The molecular weight excluding hydrogens is 234 g/mol. The highest BCUT2D eigenvalue weighted by Crippen LogP contribution is 2.30. The van der Waals surface area contributed by atoms with Crippen molar-refractivity contribution in [1.82, 2.24) is 9.88 Å². The molecule has 1 aliphatic carbocycles. The van der Waals surface area contributed by atoms with Gasteiger partial charge in [-0.1, -0.05) is 0 Å². The first-order valence-electron chi connectivity index (χ1n) is 5.94. The Morgan fingerprint density at radius 1 is 1.50 bits per heavy atom. The average Bonchev–Trinajstić information content (AvgIpc) is 2.29. The summed E-state index contributed by atoms with van der Waals surface area (Å²) in [6.07, 6.45) is 3.85. The lowest BCUT2D eigenvalue weighted by Crippen LogP contribution is -2.48. The third-order valence-electron chi connectivity index (χ3n) is 3.22. The molecule has 6 heteroatoms. The van der Waals surface area contributed by atoms with Crippen molar-refractivity contribution in [2.45, 2.75) is 31.4 Å². The summed E-state index contributed by atoms with van der Waals surface area (Å²) in [6, 6.07) is 2.82. The maximum absolute atomic E-state index is 11.6. The monoisotopic (exact) mass is 251 g/mol. The molecule has 1 saturated carbocycles. The number of anilines is 1. The Bertz CT molecular complexity index is 506. The summed E-state index contributed by atoms with van der Waals surface area (Å²) in [5, 5.41) is 12.5. The molecule has 6 nitrogen and oxygen atoms in total. The van der Waals surface area contributed by atoms with Crippen LogP contribution < -0.4 is 16.6 Å². The second-order valence-corrected chi connectivity index (χ2v) is 4.78. The lowest BCUT2D eigenvalue weighted by Gasteiger charge is -2.36. The number of nitrogens with two attached hydrogens (primary N) is 1. The summed E-state index contributed by atoms with van der Waals surface area (Å²) in [5.41, 5.74) is 4.95. The maximum Gasteiger partial charge on any atom is 0.251 e. The van der Waals surface area contributed by atoms with E-state index in [0.29, 0.717) is 18.5 Å². The second-order valence-electron chi connectivity index (χ2n) is 4.78. The summed E-state index contributed by atoms with van der Waals surface area (Å²) in [6.45, 7) is 0.156. The molecule has 0 aromatic carbocycles. The van der Waals surface area contributed by atoms with E-state index in [1.54, 1.807) is 0 Å². The Balaban J connectivity index is 1.90. The summed E-state index contributed by atoms with van der Waals surface area (Å²) in [7, 11) is 0. The quantitative estimate of drug-likeness (QED) is 0.669. The number of hydrogen-bond acceptors (Lipinski definition) is 4. The van der Waals surface area contributed by atoms with Gasteiger partial charge in [-0.05, 0) is 25.3 Å². The third kappa shape index (κ3) is 2.89. The Labute approximate surface area is 104 Å². The van der Waals surface area contributed by atoms with Gasteiger partial charge in [0.25, 0.3) is 5.56 Å². The van der Waals surface area contributed by atoms with Gasteiger partial charge in [0, 0.05) is 24.5 Å². The number of nitrogens with one attached hydrogen (secondary N) is 1. The molecule has 0 bridgehead atoms. The first kappa shape index (κ1) is 12.6. The molecule has 1 heterocycles. The van der Waals surface area contributed by atoms with Gasteiger partial charge in [-0.15, -0.1) is 0 Å². The lowest BCUT2D eigenvalue weighted by molar-refractivity contribution is -0.124. The second kappa shape index (κ2) is 4.81. The molecule has 0 radical (unpaired) electrons. The van der Waals surface area contributed by atoms with Crippen molar-refractivity contribution in [3.63, 3.8) is 0 Å². The zero-order chi connectivity index (χ0) is 13.2. The van der Waals surface area contributed by atoms with Gasteiger partial charge >= 0.3 is 0 Å². The Morgan fingerprint density at radius 2 is 2.22 bits per heavy atom. The molecule has 18 heavy (non-hydrogen) atoms. The van der Waals surface area contributed by atoms with E-state index < -0.39 is 5.60 Å². The number of nitrogen functional groups attached to an aromatic ring is 1. The van der Waals surface area contributed by atoms with Crippen molar-refractivity contribution in [2.24, 2.45) is 0 Å². The normalized spacial score (nSPS) is 16.9. The van der Waals surface area contributed by atoms with Crippen molar-refractivity contribution >= 4 is 11.6 Å². The van der Waals surface area contributed by atoms with Crippen molar-refractivity contribution in [2.75, 3.05) is 12.3 Å². The van der Waals surface area contributed by atoms with Crippen LogP contribution in [0.1, 0.15) is 19.3 Å². The van der Waals surface area contributed by atoms with E-state index >= 15 is 0 Å². The third-order valence-corrected chi connectivity index (χ3v) is 3.22. The minimum atomic E-state index is -0.754. The van der Waals surface area contributed by atoms with Crippen molar-refractivity contribution in [1.29, 1.82) is 0 Å². The van der Waals surface area contributed by atoms with E-state index in [1.165, 1.54) is 22.9 Å².